The third-order valence-electron chi connectivity index (χ3n) is 2.89. The highest BCUT2D eigenvalue weighted by atomic mass is 16.6. The molecule has 7 heteroatoms. The topological polar surface area (TPSA) is 87.5 Å². The van der Waals surface area contributed by atoms with Gasteiger partial charge in [-0.25, -0.2) is 0 Å². The summed E-state index contributed by atoms with van der Waals surface area (Å²) < 4.78 is 0. The maximum atomic E-state index is 11.7. The molecule has 0 atom stereocenters. The molecule has 0 unspecified atom stereocenters. The number of hydrogen-bond acceptors (Lipinski definition) is 5. The lowest BCUT2D eigenvalue weighted by atomic mass is 10.2. The van der Waals surface area contributed by atoms with Gasteiger partial charge in [0.2, 0.25) is 5.91 Å². The highest BCUT2D eigenvalue weighted by Crippen LogP contribution is 2.26. The van der Waals surface area contributed by atoms with E-state index in [1.54, 1.807) is 18.0 Å². The number of rotatable bonds is 8. The molecule has 0 fully saturated rings. The molecule has 0 aliphatic carbocycles. The van der Waals surface area contributed by atoms with Crippen molar-refractivity contribution in [3.8, 4) is 0 Å². The Bertz CT molecular complexity index is 505. The third kappa shape index (κ3) is 5.29. The van der Waals surface area contributed by atoms with Gasteiger partial charge in [-0.3, -0.25) is 14.9 Å². The van der Waals surface area contributed by atoms with Crippen molar-refractivity contribution < 1.29 is 9.72 Å². The van der Waals surface area contributed by atoms with Crippen LogP contribution in [0.3, 0.4) is 0 Å². The van der Waals surface area contributed by atoms with Crippen LogP contribution < -0.4 is 15.5 Å². The number of non-ortho nitro benzene ring substituents is 1. The number of hydrogen-bond donors (Lipinski definition) is 2. The lowest BCUT2D eigenvalue weighted by Gasteiger charge is -2.19. The number of carbonyl (C=O) groups excluding carboxylic acids is 1. The van der Waals surface area contributed by atoms with E-state index in [1.807, 2.05) is 13.8 Å². The molecule has 1 aromatic carbocycles. The van der Waals surface area contributed by atoms with Crippen LogP contribution in [0.15, 0.2) is 18.2 Å². The Morgan fingerprint density at radius 3 is 2.62 bits per heavy atom. The molecule has 0 saturated heterocycles. The zero-order chi connectivity index (χ0) is 15.8. The summed E-state index contributed by atoms with van der Waals surface area (Å²) in [5, 5.41) is 16.8. The number of amides is 1. The first-order valence-corrected chi connectivity index (χ1v) is 6.99. The predicted molar refractivity (Wildman–Crippen MR) is 83.8 cm³/mol. The van der Waals surface area contributed by atoms with Gasteiger partial charge in [-0.1, -0.05) is 6.92 Å². The van der Waals surface area contributed by atoms with Crippen LogP contribution in [0.2, 0.25) is 0 Å². The summed E-state index contributed by atoms with van der Waals surface area (Å²) >= 11 is 0. The molecule has 1 aromatic rings. The van der Waals surface area contributed by atoms with Crippen molar-refractivity contribution in [2.45, 2.75) is 20.3 Å². The van der Waals surface area contributed by atoms with Gasteiger partial charge in [0.15, 0.2) is 0 Å². The van der Waals surface area contributed by atoms with E-state index >= 15 is 0 Å². The second-order valence-electron chi connectivity index (χ2n) is 4.73. The summed E-state index contributed by atoms with van der Waals surface area (Å²) in [6, 6.07) is 4.75. The van der Waals surface area contributed by atoms with Crippen LogP contribution in [0.25, 0.3) is 0 Å². The molecule has 7 nitrogen and oxygen atoms in total. The van der Waals surface area contributed by atoms with E-state index in [4.69, 9.17) is 0 Å². The fourth-order valence-corrected chi connectivity index (χ4v) is 1.85. The summed E-state index contributed by atoms with van der Waals surface area (Å²) in [4.78, 5) is 23.9. The number of nitrogens with zero attached hydrogens (tertiary/aromatic N) is 2. The van der Waals surface area contributed by atoms with Crippen LogP contribution in [0, 0.1) is 10.1 Å². The number of likely N-dealkylation sites (N-methyl/N-ethyl adjacent to an activating group) is 1. The highest BCUT2D eigenvalue weighted by Gasteiger charge is 2.13. The van der Waals surface area contributed by atoms with Crippen LogP contribution in [-0.2, 0) is 4.79 Å². The van der Waals surface area contributed by atoms with Crippen LogP contribution >= 0.6 is 0 Å². The number of benzene rings is 1. The first kappa shape index (κ1) is 16.7. The summed E-state index contributed by atoms with van der Waals surface area (Å²) in [6.45, 7) is 5.35. The monoisotopic (exact) mass is 294 g/mol. The van der Waals surface area contributed by atoms with Crippen molar-refractivity contribution in [3.63, 3.8) is 0 Å². The van der Waals surface area contributed by atoms with Crippen LogP contribution in [0.4, 0.5) is 17.1 Å². The zero-order valence-corrected chi connectivity index (χ0v) is 12.7. The van der Waals surface area contributed by atoms with Gasteiger partial charge in [0.05, 0.1) is 11.5 Å². The van der Waals surface area contributed by atoms with E-state index in [9.17, 15) is 14.9 Å². The van der Waals surface area contributed by atoms with E-state index in [2.05, 4.69) is 10.6 Å². The summed E-state index contributed by atoms with van der Waals surface area (Å²) in [5.74, 6) is -0.101. The van der Waals surface area contributed by atoms with Gasteiger partial charge >= 0.3 is 0 Å². The van der Waals surface area contributed by atoms with Gasteiger partial charge < -0.3 is 15.5 Å². The molecule has 0 aromatic heterocycles. The molecule has 0 aliphatic heterocycles. The number of nitrogens with one attached hydrogen (secondary N) is 2. The number of anilines is 2. The van der Waals surface area contributed by atoms with Crippen LogP contribution in [0.1, 0.15) is 20.3 Å². The van der Waals surface area contributed by atoms with Crippen molar-refractivity contribution in [2.24, 2.45) is 0 Å². The van der Waals surface area contributed by atoms with Crippen molar-refractivity contribution in [1.82, 2.24) is 5.32 Å². The Kier molecular flexibility index (Phi) is 6.45. The number of nitro groups is 1. The maximum Gasteiger partial charge on any atom is 0.273 e. The second-order valence-corrected chi connectivity index (χ2v) is 4.73. The maximum absolute atomic E-state index is 11.7. The average molecular weight is 294 g/mol. The Morgan fingerprint density at radius 2 is 2.05 bits per heavy atom. The number of nitro benzene ring substituents is 1. The van der Waals surface area contributed by atoms with Crippen molar-refractivity contribution >= 4 is 23.0 Å². The van der Waals surface area contributed by atoms with Gasteiger partial charge in [0, 0.05) is 43.6 Å². The standard InChI is InChI=1S/C14H22N4O3/c1-4-6-16-14(19)10-17(3)12-7-11(15-5-2)8-13(9-12)18(20)21/h7-9,15H,4-6,10H2,1-3H3,(H,16,19). The second kappa shape index (κ2) is 8.08. The molecule has 116 valence electrons. The molecular formula is C14H22N4O3. The first-order chi connectivity index (χ1) is 9.97. The van der Waals surface area contributed by atoms with E-state index in [0.717, 1.165) is 6.42 Å². The van der Waals surface area contributed by atoms with E-state index in [1.165, 1.54) is 12.1 Å². The fraction of sp³-hybridized carbons (Fsp3) is 0.500. The van der Waals surface area contributed by atoms with E-state index < -0.39 is 4.92 Å². The minimum Gasteiger partial charge on any atom is -0.385 e. The minimum atomic E-state index is -0.435. The molecule has 0 aliphatic rings. The Morgan fingerprint density at radius 1 is 1.33 bits per heavy atom. The van der Waals surface area contributed by atoms with Gasteiger partial charge in [0.25, 0.3) is 5.69 Å². The van der Waals surface area contributed by atoms with Crippen molar-refractivity contribution in [3.05, 3.63) is 28.3 Å². The predicted octanol–water partition coefficient (Wildman–Crippen LogP) is 1.99. The summed E-state index contributed by atoms with van der Waals surface area (Å²) in [6.07, 6.45) is 0.872. The first-order valence-electron chi connectivity index (χ1n) is 6.99. The summed E-state index contributed by atoms with van der Waals surface area (Å²) in [7, 11) is 1.74. The van der Waals surface area contributed by atoms with Crippen molar-refractivity contribution in [2.75, 3.05) is 36.9 Å². The normalized spacial score (nSPS) is 10.0. The molecule has 2 N–H and O–H groups in total. The third-order valence-corrected chi connectivity index (χ3v) is 2.89. The Balaban J connectivity index is 2.89. The Hall–Kier alpha value is -2.31. The molecule has 0 radical (unpaired) electrons. The van der Waals surface area contributed by atoms with Gasteiger partial charge in [-0.05, 0) is 19.4 Å². The van der Waals surface area contributed by atoms with E-state index in [-0.39, 0.29) is 18.1 Å². The molecule has 0 saturated carbocycles. The quantitative estimate of drug-likeness (QED) is 0.565. The Labute approximate surface area is 124 Å². The van der Waals surface area contributed by atoms with Gasteiger partial charge in [-0.2, -0.15) is 0 Å². The van der Waals surface area contributed by atoms with Gasteiger partial charge in [0.1, 0.15) is 0 Å². The van der Waals surface area contributed by atoms with Crippen molar-refractivity contribution in [1.29, 1.82) is 0 Å². The largest absolute Gasteiger partial charge is 0.385 e. The smallest absolute Gasteiger partial charge is 0.273 e. The van der Waals surface area contributed by atoms with Crippen LogP contribution in [0.5, 0.6) is 0 Å². The SMILES string of the molecule is CCCNC(=O)CN(C)c1cc(NCC)cc([N+](=O)[O-])c1. The molecule has 1 amide bonds. The fourth-order valence-electron chi connectivity index (χ4n) is 1.85. The van der Waals surface area contributed by atoms with Crippen LogP contribution in [-0.4, -0.2) is 37.5 Å². The molecule has 0 spiro atoms. The molecule has 0 heterocycles. The minimum absolute atomic E-state index is 0.00395. The lowest BCUT2D eigenvalue weighted by molar-refractivity contribution is -0.384. The molecule has 0 bridgehead atoms. The lowest BCUT2D eigenvalue weighted by Crippen LogP contribution is -2.35. The summed E-state index contributed by atoms with van der Waals surface area (Å²) in [5.41, 5.74) is 1.30. The van der Waals surface area contributed by atoms with E-state index in [0.29, 0.717) is 24.5 Å². The highest BCUT2D eigenvalue weighted by molar-refractivity contribution is 5.81. The molecule has 21 heavy (non-hydrogen) atoms. The molecule has 1 rings (SSSR count). The molecular weight excluding hydrogens is 272 g/mol. The zero-order valence-electron chi connectivity index (χ0n) is 12.7. The number of carbonyl (C=O) groups is 1. The average Bonchev–Trinajstić information content (AvgIpc) is 2.45. The van der Waals surface area contributed by atoms with Gasteiger partial charge in [-0.15, -0.1) is 0 Å².